The van der Waals surface area contributed by atoms with E-state index in [1.807, 2.05) is 6.92 Å². The van der Waals surface area contributed by atoms with E-state index in [2.05, 4.69) is 10.3 Å². The summed E-state index contributed by atoms with van der Waals surface area (Å²) in [4.78, 5) is 4.39. The second kappa shape index (κ2) is 5.88. The third-order valence-corrected chi connectivity index (χ3v) is 5.50. The first-order chi connectivity index (χ1) is 9.05. The highest BCUT2D eigenvalue weighted by Crippen LogP contribution is 2.27. The molecule has 5 nitrogen and oxygen atoms in total. The molecule has 0 saturated heterocycles. The number of rotatable bonds is 5. The summed E-state index contributed by atoms with van der Waals surface area (Å²) in [5.74, 6) is 0.699. The quantitative estimate of drug-likeness (QED) is 0.898. The maximum atomic E-state index is 12.5. The van der Waals surface area contributed by atoms with Crippen molar-refractivity contribution in [1.29, 1.82) is 0 Å². The number of nitrogens with zero attached hydrogens (tertiary/aromatic N) is 2. The molecular formula is C13H21N3O2S. The minimum Gasteiger partial charge on any atom is -0.370 e. The van der Waals surface area contributed by atoms with Crippen molar-refractivity contribution in [3.05, 3.63) is 18.3 Å². The van der Waals surface area contributed by atoms with Crippen molar-refractivity contribution < 1.29 is 8.42 Å². The number of hydrogen-bond donors (Lipinski definition) is 1. The van der Waals surface area contributed by atoms with Crippen molar-refractivity contribution >= 4 is 15.8 Å². The summed E-state index contributed by atoms with van der Waals surface area (Å²) < 4.78 is 26.4. The number of pyridine rings is 1. The Balaban J connectivity index is 2.18. The van der Waals surface area contributed by atoms with Gasteiger partial charge in [0.25, 0.3) is 0 Å². The summed E-state index contributed by atoms with van der Waals surface area (Å²) in [6.07, 6.45) is 5.57. The molecule has 0 aliphatic heterocycles. The number of aromatic nitrogens is 1. The van der Waals surface area contributed by atoms with E-state index < -0.39 is 10.0 Å². The molecule has 1 aromatic heterocycles. The van der Waals surface area contributed by atoms with Crippen LogP contribution in [0.5, 0.6) is 0 Å². The van der Waals surface area contributed by atoms with Crippen LogP contribution in [0.4, 0.5) is 5.82 Å². The molecule has 106 valence electrons. The SMILES string of the molecule is CCNc1ccc(S(=O)(=O)N(C)C2CCCC2)cn1. The van der Waals surface area contributed by atoms with Crippen molar-refractivity contribution in [3.63, 3.8) is 0 Å². The molecule has 1 fully saturated rings. The molecule has 1 aliphatic rings. The normalized spacial score (nSPS) is 17.0. The molecular weight excluding hydrogens is 262 g/mol. The van der Waals surface area contributed by atoms with E-state index in [0.717, 1.165) is 32.2 Å². The lowest BCUT2D eigenvalue weighted by Gasteiger charge is -2.23. The highest BCUT2D eigenvalue weighted by molar-refractivity contribution is 7.89. The van der Waals surface area contributed by atoms with Crippen molar-refractivity contribution in [3.8, 4) is 0 Å². The molecule has 0 bridgehead atoms. The lowest BCUT2D eigenvalue weighted by atomic mass is 10.3. The molecule has 1 N–H and O–H groups in total. The molecule has 0 atom stereocenters. The predicted octanol–water partition coefficient (Wildman–Crippen LogP) is 2.08. The van der Waals surface area contributed by atoms with Gasteiger partial charge in [0.1, 0.15) is 10.7 Å². The standard InChI is InChI=1S/C13H21N3O2S/c1-3-14-13-9-8-12(10-15-13)19(17,18)16(2)11-6-4-5-7-11/h8-11H,3-7H2,1-2H3,(H,14,15). The van der Waals surface area contributed by atoms with Crippen molar-refractivity contribution in [2.45, 2.75) is 43.5 Å². The van der Waals surface area contributed by atoms with E-state index in [0.29, 0.717) is 5.82 Å². The van der Waals surface area contributed by atoms with Crippen molar-refractivity contribution in [1.82, 2.24) is 9.29 Å². The highest BCUT2D eigenvalue weighted by atomic mass is 32.2. The number of hydrogen-bond acceptors (Lipinski definition) is 4. The van der Waals surface area contributed by atoms with E-state index in [1.54, 1.807) is 19.2 Å². The van der Waals surface area contributed by atoms with Crippen LogP contribution in [0.15, 0.2) is 23.2 Å². The minimum absolute atomic E-state index is 0.137. The molecule has 6 heteroatoms. The predicted molar refractivity (Wildman–Crippen MR) is 75.6 cm³/mol. The van der Waals surface area contributed by atoms with Gasteiger partial charge >= 0.3 is 0 Å². The smallest absolute Gasteiger partial charge is 0.244 e. The van der Waals surface area contributed by atoms with Crippen LogP contribution in [0.25, 0.3) is 0 Å². The molecule has 0 unspecified atom stereocenters. The summed E-state index contributed by atoms with van der Waals surface area (Å²) in [5, 5.41) is 3.05. The molecule has 1 heterocycles. The lowest BCUT2D eigenvalue weighted by Crippen LogP contribution is -2.35. The van der Waals surface area contributed by atoms with Crippen LogP contribution in [0.1, 0.15) is 32.6 Å². The second-order valence-electron chi connectivity index (χ2n) is 4.87. The average Bonchev–Trinajstić information content (AvgIpc) is 2.92. The fourth-order valence-electron chi connectivity index (χ4n) is 2.45. The van der Waals surface area contributed by atoms with Gasteiger partial charge in [0.2, 0.25) is 10.0 Å². The maximum Gasteiger partial charge on any atom is 0.244 e. The summed E-state index contributed by atoms with van der Waals surface area (Å²) in [6.45, 7) is 2.74. The Hall–Kier alpha value is -1.14. The first kappa shape index (κ1) is 14.3. The van der Waals surface area contributed by atoms with Crippen LogP contribution in [0.2, 0.25) is 0 Å². The van der Waals surface area contributed by atoms with Gasteiger partial charge in [-0.15, -0.1) is 0 Å². The Morgan fingerprint density at radius 1 is 1.37 bits per heavy atom. The van der Waals surface area contributed by atoms with Gasteiger partial charge in [0.15, 0.2) is 0 Å². The zero-order chi connectivity index (χ0) is 13.9. The fourth-order valence-corrected chi connectivity index (χ4v) is 3.81. The lowest BCUT2D eigenvalue weighted by molar-refractivity contribution is 0.373. The molecule has 0 radical (unpaired) electrons. The van der Waals surface area contributed by atoms with E-state index in [1.165, 1.54) is 10.5 Å². The van der Waals surface area contributed by atoms with Gasteiger partial charge in [0.05, 0.1) is 0 Å². The summed E-state index contributed by atoms with van der Waals surface area (Å²) in [5.41, 5.74) is 0. The second-order valence-corrected chi connectivity index (χ2v) is 6.87. The molecule has 1 saturated carbocycles. The zero-order valence-corrected chi connectivity index (χ0v) is 12.3. The van der Waals surface area contributed by atoms with E-state index in [4.69, 9.17) is 0 Å². The van der Waals surface area contributed by atoms with E-state index in [-0.39, 0.29) is 10.9 Å². The largest absolute Gasteiger partial charge is 0.370 e. The van der Waals surface area contributed by atoms with Gasteiger partial charge in [-0.25, -0.2) is 13.4 Å². The first-order valence-electron chi connectivity index (χ1n) is 6.73. The van der Waals surface area contributed by atoms with Crippen molar-refractivity contribution in [2.75, 3.05) is 18.9 Å². The Labute approximate surface area is 115 Å². The summed E-state index contributed by atoms with van der Waals surface area (Å²) in [6, 6.07) is 3.46. The van der Waals surface area contributed by atoms with Gasteiger partial charge < -0.3 is 5.32 Å². The Kier molecular flexibility index (Phi) is 4.42. The van der Waals surface area contributed by atoms with Crippen LogP contribution < -0.4 is 5.32 Å². The third kappa shape index (κ3) is 3.06. The van der Waals surface area contributed by atoms with Gasteiger partial charge in [-0.3, -0.25) is 0 Å². The number of sulfonamides is 1. The van der Waals surface area contributed by atoms with Crippen LogP contribution in [0, 0.1) is 0 Å². The van der Waals surface area contributed by atoms with Crippen molar-refractivity contribution in [2.24, 2.45) is 0 Å². The number of nitrogens with one attached hydrogen (secondary N) is 1. The molecule has 19 heavy (non-hydrogen) atoms. The monoisotopic (exact) mass is 283 g/mol. The first-order valence-corrected chi connectivity index (χ1v) is 8.17. The fraction of sp³-hybridized carbons (Fsp3) is 0.615. The van der Waals surface area contributed by atoms with Crippen LogP contribution in [0.3, 0.4) is 0 Å². The van der Waals surface area contributed by atoms with Gasteiger partial charge in [-0.1, -0.05) is 12.8 Å². The molecule has 0 amide bonds. The van der Waals surface area contributed by atoms with Crippen LogP contribution >= 0.6 is 0 Å². The molecule has 1 aromatic rings. The minimum atomic E-state index is -3.41. The summed E-state index contributed by atoms with van der Waals surface area (Å²) in [7, 11) is -1.74. The zero-order valence-electron chi connectivity index (χ0n) is 11.5. The Bertz CT molecular complexity index is 507. The maximum absolute atomic E-state index is 12.5. The average molecular weight is 283 g/mol. The van der Waals surface area contributed by atoms with Crippen LogP contribution in [-0.4, -0.2) is 37.3 Å². The summed E-state index contributed by atoms with van der Waals surface area (Å²) >= 11 is 0. The van der Waals surface area contributed by atoms with Gasteiger partial charge in [0, 0.05) is 25.8 Å². The third-order valence-electron chi connectivity index (χ3n) is 3.61. The molecule has 1 aliphatic carbocycles. The molecule has 0 spiro atoms. The topological polar surface area (TPSA) is 62.3 Å². The highest BCUT2D eigenvalue weighted by Gasteiger charge is 2.30. The molecule has 2 rings (SSSR count). The number of anilines is 1. The van der Waals surface area contributed by atoms with Gasteiger partial charge in [-0.2, -0.15) is 4.31 Å². The Morgan fingerprint density at radius 3 is 2.58 bits per heavy atom. The van der Waals surface area contributed by atoms with E-state index in [9.17, 15) is 8.42 Å². The van der Waals surface area contributed by atoms with Gasteiger partial charge in [-0.05, 0) is 31.9 Å². The molecule has 0 aromatic carbocycles. The Morgan fingerprint density at radius 2 is 2.05 bits per heavy atom. The van der Waals surface area contributed by atoms with Crippen LogP contribution in [-0.2, 0) is 10.0 Å². The van der Waals surface area contributed by atoms with E-state index >= 15 is 0 Å².